The summed E-state index contributed by atoms with van der Waals surface area (Å²) in [4.78, 5) is 18.4. The lowest BCUT2D eigenvalue weighted by molar-refractivity contribution is 0.0611. The van der Waals surface area contributed by atoms with Crippen molar-refractivity contribution in [1.82, 2.24) is 20.1 Å². The molecule has 1 atom stereocenters. The van der Waals surface area contributed by atoms with E-state index in [1.54, 1.807) is 0 Å². The first-order chi connectivity index (χ1) is 8.63. The minimum absolute atomic E-state index is 0.103. The molecule has 0 spiro atoms. The van der Waals surface area contributed by atoms with E-state index >= 15 is 0 Å². The Kier molecular flexibility index (Phi) is 3.96. The standard InChI is InChI=1S/C12H21N5O/c1-8(2)10-14-11(16-15-10)12(18)17-6-4-3-5-9(17)7-13/h8-9H,3-7,13H2,1-2H3,(H,14,15,16). The van der Waals surface area contributed by atoms with Crippen LogP contribution in [0, 0.1) is 0 Å². The van der Waals surface area contributed by atoms with Gasteiger partial charge in [-0.1, -0.05) is 13.8 Å². The molecule has 6 heteroatoms. The van der Waals surface area contributed by atoms with Crippen molar-refractivity contribution in [1.29, 1.82) is 0 Å². The molecular formula is C12H21N5O. The van der Waals surface area contributed by atoms with Gasteiger partial charge in [-0.25, -0.2) is 4.98 Å². The van der Waals surface area contributed by atoms with Gasteiger partial charge in [-0.2, -0.15) is 0 Å². The average Bonchev–Trinajstić information content (AvgIpc) is 2.87. The Balaban J connectivity index is 2.13. The number of aromatic amines is 1. The highest BCUT2D eigenvalue weighted by molar-refractivity contribution is 5.90. The number of hydrogen-bond donors (Lipinski definition) is 2. The van der Waals surface area contributed by atoms with E-state index in [-0.39, 0.29) is 23.7 Å². The van der Waals surface area contributed by atoms with Crippen molar-refractivity contribution in [2.45, 2.75) is 45.1 Å². The fraction of sp³-hybridized carbons (Fsp3) is 0.750. The van der Waals surface area contributed by atoms with Gasteiger partial charge in [0.05, 0.1) is 0 Å². The molecule has 3 N–H and O–H groups in total. The van der Waals surface area contributed by atoms with Gasteiger partial charge in [0.2, 0.25) is 5.82 Å². The number of likely N-dealkylation sites (tertiary alicyclic amines) is 1. The molecule has 2 rings (SSSR count). The maximum atomic E-state index is 12.3. The van der Waals surface area contributed by atoms with Crippen molar-refractivity contribution in [2.24, 2.45) is 5.73 Å². The number of hydrogen-bond acceptors (Lipinski definition) is 4. The molecule has 0 saturated carbocycles. The lowest BCUT2D eigenvalue weighted by atomic mass is 10.0. The summed E-state index contributed by atoms with van der Waals surface area (Å²) in [6, 6.07) is 0.132. The van der Waals surface area contributed by atoms with E-state index < -0.39 is 0 Å². The number of H-pyrrole nitrogens is 1. The minimum Gasteiger partial charge on any atom is -0.332 e. The van der Waals surface area contributed by atoms with E-state index in [1.807, 2.05) is 18.7 Å². The first kappa shape index (κ1) is 13.0. The van der Waals surface area contributed by atoms with Crippen LogP contribution in [0.5, 0.6) is 0 Å². The van der Waals surface area contributed by atoms with Gasteiger partial charge in [0, 0.05) is 25.0 Å². The third-order valence-electron chi connectivity index (χ3n) is 3.40. The maximum absolute atomic E-state index is 12.3. The van der Waals surface area contributed by atoms with Gasteiger partial charge in [-0.15, -0.1) is 5.10 Å². The molecule has 0 aliphatic carbocycles. The molecule has 1 aliphatic heterocycles. The second kappa shape index (κ2) is 5.48. The molecule has 1 saturated heterocycles. The Hall–Kier alpha value is -1.43. The van der Waals surface area contributed by atoms with E-state index in [0.29, 0.717) is 6.54 Å². The van der Waals surface area contributed by atoms with Crippen molar-refractivity contribution in [3.63, 3.8) is 0 Å². The normalized spacial score (nSPS) is 20.4. The van der Waals surface area contributed by atoms with Crippen LogP contribution in [0.2, 0.25) is 0 Å². The Morgan fingerprint density at radius 3 is 2.94 bits per heavy atom. The highest BCUT2D eigenvalue weighted by Crippen LogP contribution is 2.18. The second-order valence-corrected chi connectivity index (χ2v) is 5.08. The molecule has 0 bridgehead atoms. The molecule has 0 radical (unpaired) electrons. The lowest BCUT2D eigenvalue weighted by Gasteiger charge is -2.34. The van der Waals surface area contributed by atoms with Crippen molar-refractivity contribution < 1.29 is 4.79 Å². The van der Waals surface area contributed by atoms with Crippen LogP contribution in [0.15, 0.2) is 0 Å². The summed E-state index contributed by atoms with van der Waals surface area (Å²) in [6.45, 7) is 5.29. The quantitative estimate of drug-likeness (QED) is 0.834. The number of rotatable bonds is 3. The molecule has 1 aliphatic rings. The van der Waals surface area contributed by atoms with E-state index in [2.05, 4.69) is 15.2 Å². The van der Waals surface area contributed by atoms with E-state index in [0.717, 1.165) is 31.6 Å². The van der Waals surface area contributed by atoms with Gasteiger partial charge in [-0.3, -0.25) is 9.89 Å². The van der Waals surface area contributed by atoms with E-state index in [1.165, 1.54) is 0 Å². The van der Waals surface area contributed by atoms with E-state index in [9.17, 15) is 4.79 Å². The summed E-state index contributed by atoms with van der Waals surface area (Å²) in [6.07, 6.45) is 3.14. The molecule has 100 valence electrons. The van der Waals surface area contributed by atoms with Crippen molar-refractivity contribution in [3.05, 3.63) is 11.6 Å². The van der Waals surface area contributed by atoms with Crippen LogP contribution >= 0.6 is 0 Å². The molecule has 2 heterocycles. The van der Waals surface area contributed by atoms with Crippen LogP contribution in [0.4, 0.5) is 0 Å². The highest BCUT2D eigenvalue weighted by Gasteiger charge is 2.28. The van der Waals surface area contributed by atoms with Crippen LogP contribution in [0.1, 0.15) is 55.5 Å². The Labute approximate surface area is 107 Å². The smallest absolute Gasteiger partial charge is 0.293 e. The predicted molar refractivity (Wildman–Crippen MR) is 68.2 cm³/mol. The van der Waals surface area contributed by atoms with Gasteiger partial charge in [0.1, 0.15) is 5.82 Å². The predicted octanol–water partition coefficient (Wildman–Crippen LogP) is 0.882. The van der Waals surface area contributed by atoms with Gasteiger partial charge < -0.3 is 10.6 Å². The van der Waals surface area contributed by atoms with E-state index in [4.69, 9.17) is 5.73 Å². The maximum Gasteiger partial charge on any atom is 0.293 e. The summed E-state index contributed by atoms with van der Waals surface area (Å²) in [7, 11) is 0. The number of carbonyl (C=O) groups excluding carboxylic acids is 1. The third kappa shape index (κ3) is 2.53. The monoisotopic (exact) mass is 251 g/mol. The molecular weight excluding hydrogens is 230 g/mol. The summed E-state index contributed by atoms with van der Waals surface area (Å²) in [5.41, 5.74) is 5.72. The number of nitrogens with two attached hydrogens (primary N) is 1. The summed E-state index contributed by atoms with van der Waals surface area (Å²) in [5.74, 6) is 1.15. The molecule has 18 heavy (non-hydrogen) atoms. The fourth-order valence-corrected chi connectivity index (χ4v) is 2.27. The van der Waals surface area contributed by atoms with Gasteiger partial charge in [0.15, 0.2) is 0 Å². The van der Waals surface area contributed by atoms with Crippen LogP contribution < -0.4 is 5.73 Å². The SMILES string of the molecule is CC(C)c1nc(C(=O)N2CCCCC2CN)n[nH]1. The number of nitrogens with zero attached hydrogens (tertiary/aromatic N) is 3. The molecule has 1 unspecified atom stereocenters. The first-order valence-corrected chi connectivity index (χ1v) is 6.56. The van der Waals surface area contributed by atoms with Gasteiger partial charge in [-0.05, 0) is 19.3 Å². The summed E-state index contributed by atoms with van der Waals surface area (Å²) in [5, 5.41) is 6.83. The molecule has 0 aromatic carbocycles. The summed E-state index contributed by atoms with van der Waals surface area (Å²) >= 11 is 0. The van der Waals surface area contributed by atoms with Crippen LogP contribution in [0.3, 0.4) is 0 Å². The minimum atomic E-state index is -0.103. The largest absolute Gasteiger partial charge is 0.332 e. The van der Waals surface area contributed by atoms with Crippen molar-refractivity contribution in [2.75, 3.05) is 13.1 Å². The average molecular weight is 251 g/mol. The number of aromatic nitrogens is 3. The number of amides is 1. The zero-order chi connectivity index (χ0) is 13.1. The van der Waals surface area contributed by atoms with Crippen molar-refractivity contribution in [3.8, 4) is 0 Å². The van der Waals surface area contributed by atoms with Gasteiger partial charge in [0.25, 0.3) is 5.91 Å². The summed E-state index contributed by atoms with van der Waals surface area (Å²) < 4.78 is 0. The zero-order valence-electron chi connectivity index (χ0n) is 11.0. The first-order valence-electron chi connectivity index (χ1n) is 6.56. The van der Waals surface area contributed by atoms with Crippen LogP contribution in [-0.2, 0) is 0 Å². The molecule has 1 aromatic rings. The fourth-order valence-electron chi connectivity index (χ4n) is 2.27. The molecule has 6 nitrogen and oxygen atoms in total. The number of nitrogens with one attached hydrogen (secondary N) is 1. The van der Waals surface area contributed by atoms with Crippen LogP contribution in [-0.4, -0.2) is 45.1 Å². The molecule has 1 amide bonds. The van der Waals surface area contributed by atoms with Crippen LogP contribution in [0.25, 0.3) is 0 Å². The Morgan fingerprint density at radius 1 is 1.56 bits per heavy atom. The number of piperidine rings is 1. The van der Waals surface area contributed by atoms with Crippen molar-refractivity contribution >= 4 is 5.91 Å². The van der Waals surface area contributed by atoms with Gasteiger partial charge >= 0.3 is 0 Å². The zero-order valence-corrected chi connectivity index (χ0v) is 11.0. The Morgan fingerprint density at radius 2 is 2.33 bits per heavy atom. The Bertz CT molecular complexity index is 414. The number of carbonyl (C=O) groups is 1. The molecule has 1 aromatic heterocycles. The second-order valence-electron chi connectivity index (χ2n) is 5.08. The third-order valence-corrected chi connectivity index (χ3v) is 3.40. The molecule has 1 fully saturated rings. The topological polar surface area (TPSA) is 87.9 Å². The lowest BCUT2D eigenvalue weighted by Crippen LogP contribution is -2.47. The highest BCUT2D eigenvalue weighted by atomic mass is 16.2.